The first kappa shape index (κ1) is 18.3. The number of benzene rings is 1. The van der Waals surface area contributed by atoms with Crippen molar-refractivity contribution in [2.24, 2.45) is 5.73 Å². The fraction of sp³-hybridized carbons (Fsp3) is 0.526. The van der Waals surface area contributed by atoms with Gasteiger partial charge in [-0.2, -0.15) is 9.97 Å². The molecule has 0 bridgehead atoms. The minimum atomic E-state index is -0.388. The van der Waals surface area contributed by atoms with E-state index in [-0.39, 0.29) is 23.9 Å². The third-order valence-corrected chi connectivity index (χ3v) is 5.78. The van der Waals surface area contributed by atoms with Crippen LogP contribution in [-0.4, -0.2) is 28.2 Å². The lowest BCUT2D eigenvalue weighted by molar-refractivity contribution is 0.315. The molecule has 2 aromatic heterocycles. The highest BCUT2D eigenvalue weighted by molar-refractivity contribution is 5.85. The zero-order chi connectivity index (χ0) is 17.6. The Kier molecular flexibility index (Phi) is 4.82. The molecular formula is C19H24ClN5O2. The van der Waals surface area contributed by atoms with Gasteiger partial charge in [0.05, 0.1) is 5.54 Å². The van der Waals surface area contributed by atoms with Crippen LogP contribution in [-0.2, 0) is 5.54 Å². The zero-order valence-corrected chi connectivity index (χ0v) is 16.0. The van der Waals surface area contributed by atoms with Crippen molar-refractivity contribution in [1.29, 1.82) is 0 Å². The van der Waals surface area contributed by atoms with Crippen LogP contribution in [0.15, 0.2) is 33.2 Å². The van der Waals surface area contributed by atoms with Crippen molar-refractivity contribution in [3.05, 3.63) is 36.0 Å². The van der Waals surface area contributed by atoms with Crippen molar-refractivity contribution in [3.63, 3.8) is 0 Å². The van der Waals surface area contributed by atoms with Crippen LogP contribution in [0.25, 0.3) is 11.1 Å². The van der Waals surface area contributed by atoms with Gasteiger partial charge >= 0.3 is 0 Å². The summed E-state index contributed by atoms with van der Waals surface area (Å²) in [5, 5.41) is 4.20. The van der Waals surface area contributed by atoms with Crippen LogP contribution in [0.2, 0.25) is 0 Å². The molecule has 144 valence electrons. The Morgan fingerprint density at radius 1 is 1.07 bits per heavy atom. The Bertz CT molecular complexity index is 877. The standard InChI is InChI=1S/C19H23N5O2.ClH/c20-19(9-3-4-10-19)17-22-16(26-23-17)13-7-11-24(12-8-13)18-21-14-5-1-2-6-15(14)25-18;/h1-2,5-6,13H,3-4,7-12,20H2;1H. The molecule has 2 aliphatic rings. The normalized spacial score (nSPS) is 20.1. The van der Waals surface area contributed by atoms with Gasteiger partial charge in [-0.05, 0) is 37.8 Å². The highest BCUT2D eigenvalue weighted by Gasteiger charge is 2.37. The van der Waals surface area contributed by atoms with Crippen LogP contribution in [0.5, 0.6) is 0 Å². The van der Waals surface area contributed by atoms with Crippen molar-refractivity contribution in [1.82, 2.24) is 15.1 Å². The second kappa shape index (κ2) is 7.13. The van der Waals surface area contributed by atoms with Gasteiger partial charge in [-0.25, -0.2) is 0 Å². The lowest BCUT2D eigenvalue weighted by Gasteiger charge is -2.28. The van der Waals surface area contributed by atoms with Gasteiger partial charge in [0, 0.05) is 19.0 Å². The van der Waals surface area contributed by atoms with Gasteiger partial charge in [0.25, 0.3) is 6.01 Å². The summed E-state index contributed by atoms with van der Waals surface area (Å²) in [7, 11) is 0. The molecule has 1 aliphatic carbocycles. The largest absolute Gasteiger partial charge is 0.423 e. The Hall–Kier alpha value is -2.12. The van der Waals surface area contributed by atoms with Crippen molar-refractivity contribution in [2.45, 2.75) is 50.0 Å². The van der Waals surface area contributed by atoms with Crippen LogP contribution in [0.1, 0.15) is 56.2 Å². The summed E-state index contributed by atoms with van der Waals surface area (Å²) in [4.78, 5) is 11.4. The summed E-state index contributed by atoms with van der Waals surface area (Å²) < 4.78 is 11.5. The number of nitrogens with two attached hydrogens (primary N) is 1. The van der Waals surface area contributed by atoms with E-state index in [4.69, 9.17) is 14.7 Å². The van der Waals surface area contributed by atoms with Crippen LogP contribution >= 0.6 is 12.4 Å². The molecule has 27 heavy (non-hydrogen) atoms. The number of piperidine rings is 1. The summed E-state index contributed by atoms with van der Waals surface area (Å²) in [5.41, 5.74) is 7.78. The molecule has 0 spiro atoms. The molecule has 0 unspecified atom stereocenters. The number of aromatic nitrogens is 3. The molecule has 5 rings (SSSR count). The van der Waals surface area contributed by atoms with Crippen molar-refractivity contribution in [2.75, 3.05) is 18.0 Å². The minimum absolute atomic E-state index is 0. The average molecular weight is 390 g/mol. The van der Waals surface area contributed by atoms with Crippen LogP contribution in [0.4, 0.5) is 6.01 Å². The fourth-order valence-corrected chi connectivity index (χ4v) is 4.15. The van der Waals surface area contributed by atoms with Gasteiger partial charge in [-0.15, -0.1) is 12.4 Å². The average Bonchev–Trinajstić information content (AvgIpc) is 3.41. The second-order valence-electron chi connectivity index (χ2n) is 7.54. The van der Waals surface area contributed by atoms with Gasteiger partial charge < -0.3 is 19.6 Å². The maximum absolute atomic E-state index is 6.44. The molecule has 1 saturated heterocycles. The fourth-order valence-electron chi connectivity index (χ4n) is 4.15. The number of rotatable bonds is 3. The highest BCUT2D eigenvalue weighted by Crippen LogP contribution is 2.36. The molecule has 1 aromatic carbocycles. The number of nitrogens with zero attached hydrogens (tertiary/aromatic N) is 4. The highest BCUT2D eigenvalue weighted by atomic mass is 35.5. The first-order valence-electron chi connectivity index (χ1n) is 9.45. The van der Waals surface area contributed by atoms with Gasteiger partial charge in [0.2, 0.25) is 5.89 Å². The van der Waals surface area contributed by atoms with Crippen LogP contribution < -0.4 is 10.6 Å². The SMILES string of the molecule is Cl.NC1(c2noc(C3CCN(c4nc5ccccc5o4)CC3)n2)CCCC1. The summed E-state index contributed by atoms with van der Waals surface area (Å²) >= 11 is 0. The topological polar surface area (TPSA) is 94.2 Å². The summed E-state index contributed by atoms with van der Waals surface area (Å²) in [6, 6.07) is 8.56. The summed E-state index contributed by atoms with van der Waals surface area (Å²) in [6.07, 6.45) is 6.06. The Morgan fingerprint density at radius 2 is 1.81 bits per heavy atom. The van der Waals surface area contributed by atoms with E-state index in [0.29, 0.717) is 11.8 Å². The van der Waals surface area contributed by atoms with Crippen LogP contribution in [0, 0.1) is 0 Å². The molecule has 0 radical (unpaired) electrons. The predicted molar refractivity (Wildman–Crippen MR) is 104 cm³/mol. The first-order valence-corrected chi connectivity index (χ1v) is 9.45. The molecule has 2 fully saturated rings. The number of para-hydroxylation sites is 2. The number of oxazole rings is 1. The number of fused-ring (bicyclic) bond motifs is 1. The number of anilines is 1. The smallest absolute Gasteiger partial charge is 0.298 e. The molecule has 2 N–H and O–H groups in total. The Balaban J connectivity index is 0.00000180. The van der Waals surface area contributed by atoms with E-state index in [2.05, 4.69) is 20.0 Å². The van der Waals surface area contributed by atoms with E-state index in [1.165, 1.54) is 0 Å². The van der Waals surface area contributed by atoms with Gasteiger partial charge in [0.15, 0.2) is 11.4 Å². The Morgan fingerprint density at radius 3 is 2.56 bits per heavy atom. The number of halogens is 1. The maximum atomic E-state index is 6.44. The number of hydrogen-bond donors (Lipinski definition) is 1. The molecule has 1 aliphatic heterocycles. The molecule has 7 nitrogen and oxygen atoms in total. The predicted octanol–water partition coefficient (Wildman–Crippen LogP) is 3.74. The molecule has 3 heterocycles. The van der Waals surface area contributed by atoms with Crippen molar-refractivity contribution < 1.29 is 8.94 Å². The minimum Gasteiger partial charge on any atom is -0.423 e. The lowest BCUT2D eigenvalue weighted by Crippen LogP contribution is -2.35. The van der Waals surface area contributed by atoms with Crippen LogP contribution in [0.3, 0.4) is 0 Å². The van der Waals surface area contributed by atoms with Gasteiger partial charge in [0.1, 0.15) is 5.52 Å². The second-order valence-corrected chi connectivity index (χ2v) is 7.54. The first-order chi connectivity index (χ1) is 12.7. The molecule has 1 saturated carbocycles. The molecule has 0 amide bonds. The third-order valence-electron chi connectivity index (χ3n) is 5.78. The monoisotopic (exact) mass is 389 g/mol. The molecule has 8 heteroatoms. The van der Waals surface area contributed by atoms with E-state index in [0.717, 1.165) is 68.6 Å². The van der Waals surface area contributed by atoms with E-state index in [9.17, 15) is 0 Å². The summed E-state index contributed by atoms with van der Waals surface area (Å²) in [6.45, 7) is 1.73. The van der Waals surface area contributed by atoms with Gasteiger partial charge in [-0.3, -0.25) is 0 Å². The number of hydrogen-bond acceptors (Lipinski definition) is 7. The van der Waals surface area contributed by atoms with Gasteiger partial charge in [-0.1, -0.05) is 30.1 Å². The molecule has 0 atom stereocenters. The quantitative estimate of drug-likeness (QED) is 0.728. The molecule has 3 aromatic rings. The third kappa shape index (κ3) is 3.30. The van der Waals surface area contributed by atoms with Crippen molar-refractivity contribution >= 4 is 29.5 Å². The Labute approximate surface area is 163 Å². The summed E-state index contributed by atoms with van der Waals surface area (Å²) in [5.74, 6) is 1.70. The van der Waals surface area contributed by atoms with Crippen molar-refractivity contribution in [3.8, 4) is 0 Å². The van der Waals surface area contributed by atoms with E-state index in [1.807, 2.05) is 24.3 Å². The maximum Gasteiger partial charge on any atom is 0.298 e. The van der Waals surface area contributed by atoms with E-state index < -0.39 is 0 Å². The zero-order valence-electron chi connectivity index (χ0n) is 15.1. The molecular weight excluding hydrogens is 366 g/mol. The van der Waals surface area contributed by atoms with E-state index >= 15 is 0 Å². The lowest BCUT2D eigenvalue weighted by atomic mass is 9.96. The van der Waals surface area contributed by atoms with E-state index in [1.54, 1.807) is 0 Å².